The van der Waals surface area contributed by atoms with Crippen LogP contribution in [0.2, 0.25) is 5.02 Å². The molecule has 100 valence electrons. The summed E-state index contributed by atoms with van der Waals surface area (Å²) in [5.41, 5.74) is 0.736. The lowest BCUT2D eigenvalue weighted by Gasteiger charge is -2.24. The number of nitrogens with one attached hydrogen (secondary N) is 1. The number of nitrogens with zero attached hydrogens (tertiary/aromatic N) is 1. The average Bonchev–Trinajstić information content (AvgIpc) is 2.41. The molecule has 0 aliphatic heterocycles. The van der Waals surface area contributed by atoms with Gasteiger partial charge in [0.2, 0.25) is 0 Å². The minimum atomic E-state index is -0.0202. The summed E-state index contributed by atoms with van der Waals surface area (Å²) < 4.78 is 2.26. The first-order valence-corrected chi connectivity index (χ1v) is 7.39. The fourth-order valence-electron chi connectivity index (χ4n) is 2.87. The van der Waals surface area contributed by atoms with Crippen molar-refractivity contribution >= 4 is 34.7 Å². The molecule has 0 amide bonds. The Morgan fingerprint density at radius 3 is 2.74 bits per heavy atom. The van der Waals surface area contributed by atoms with Gasteiger partial charge in [0.1, 0.15) is 0 Å². The van der Waals surface area contributed by atoms with Gasteiger partial charge in [0, 0.05) is 11.1 Å². The molecule has 1 N–H and O–H groups in total. The molecule has 1 heterocycles. The maximum Gasteiger partial charge on any atom is 0.262 e. The molecule has 0 radical (unpaired) electrons. The van der Waals surface area contributed by atoms with Crippen LogP contribution in [0.3, 0.4) is 0 Å². The Hall–Kier alpha value is -1.13. The molecule has 3 rings (SSSR count). The summed E-state index contributed by atoms with van der Waals surface area (Å²) in [6.07, 6.45) is 5.65. The maximum absolute atomic E-state index is 12.6. The minimum absolute atomic E-state index is 0.0202. The van der Waals surface area contributed by atoms with E-state index < -0.39 is 0 Å². The van der Waals surface area contributed by atoms with Crippen molar-refractivity contribution in [1.29, 1.82) is 0 Å². The Kier molecular flexibility index (Phi) is 3.46. The van der Waals surface area contributed by atoms with Gasteiger partial charge in [-0.05, 0) is 43.3 Å². The van der Waals surface area contributed by atoms with E-state index in [1.54, 1.807) is 22.8 Å². The SMILES string of the molecule is O=c1c2cc(Cl)ccc2[nH]c(=S)n1C1CCCCC1. The summed E-state index contributed by atoms with van der Waals surface area (Å²) >= 11 is 11.3. The average molecular weight is 295 g/mol. The van der Waals surface area contributed by atoms with Gasteiger partial charge in [-0.15, -0.1) is 0 Å². The lowest BCUT2D eigenvalue weighted by atomic mass is 9.95. The first kappa shape index (κ1) is 12.9. The van der Waals surface area contributed by atoms with Gasteiger partial charge in [0.15, 0.2) is 4.77 Å². The van der Waals surface area contributed by atoms with Gasteiger partial charge in [-0.1, -0.05) is 30.9 Å². The van der Waals surface area contributed by atoms with E-state index in [0.717, 1.165) is 18.4 Å². The molecule has 1 aromatic heterocycles. The number of aromatic amines is 1. The third-order valence-electron chi connectivity index (χ3n) is 3.83. The van der Waals surface area contributed by atoms with Crippen molar-refractivity contribution in [3.05, 3.63) is 38.3 Å². The molecule has 3 nitrogen and oxygen atoms in total. The zero-order chi connectivity index (χ0) is 13.4. The Bertz CT molecular complexity index is 728. The molecule has 1 fully saturated rings. The molecule has 19 heavy (non-hydrogen) atoms. The van der Waals surface area contributed by atoms with Crippen molar-refractivity contribution in [1.82, 2.24) is 9.55 Å². The summed E-state index contributed by atoms with van der Waals surface area (Å²) in [4.78, 5) is 15.8. The second kappa shape index (κ2) is 5.10. The normalized spacial score (nSPS) is 16.9. The number of hydrogen-bond acceptors (Lipinski definition) is 2. The zero-order valence-electron chi connectivity index (χ0n) is 10.5. The molecule has 0 bridgehead atoms. The maximum atomic E-state index is 12.6. The smallest absolute Gasteiger partial charge is 0.262 e. The van der Waals surface area contributed by atoms with Crippen LogP contribution in [0.5, 0.6) is 0 Å². The van der Waals surface area contributed by atoms with Gasteiger partial charge in [-0.25, -0.2) is 0 Å². The van der Waals surface area contributed by atoms with Gasteiger partial charge in [-0.3, -0.25) is 9.36 Å². The van der Waals surface area contributed by atoms with E-state index in [2.05, 4.69) is 4.98 Å². The number of halogens is 1. The fourth-order valence-corrected chi connectivity index (χ4v) is 3.38. The van der Waals surface area contributed by atoms with E-state index in [-0.39, 0.29) is 11.6 Å². The fraction of sp³-hybridized carbons (Fsp3) is 0.429. The highest BCUT2D eigenvalue weighted by Crippen LogP contribution is 2.27. The lowest BCUT2D eigenvalue weighted by molar-refractivity contribution is 0.342. The molecule has 0 atom stereocenters. The van der Waals surface area contributed by atoms with Crippen LogP contribution < -0.4 is 5.56 Å². The predicted octanol–water partition coefficient (Wildman–Crippen LogP) is 4.22. The minimum Gasteiger partial charge on any atom is -0.332 e. The number of hydrogen-bond donors (Lipinski definition) is 1. The Balaban J connectivity index is 2.24. The van der Waals surface area contributed by atoms with Crippen LogP contribution in [-0.4, -0.2) is 9.55 Å². The zero-order valence-corrected chi connectivity index (χ0v) is 12.1. The van der Waals surface area contributed by atoms with Crippen molar-refractivity contribution in [2.24, 2.45) is 0 Å². The monoisotopic (exact) mass is 294 g/mol. The number of rotatable bonds is 1. The lowest BCUT2D eigenvalue weighted by Crippen LogP contribution is -2.28. The van der Waals surface area contributed by atoms with Crippen LogP contribution in [-0.2, 0) is 0 Å². The van der Waals surface area contributed by atoms with Gasteiger partial charge in [0.05, 0.1) is 10.9 Å². The number of benzene rings is 1. The molecule has 1 saturated carbocycles. The predicted molar refractivity (Wildman–Crippen MR) is 80.5 cm³/mol. The van der Waals surface area contributed by atoms with E-state index in [0.29, 0.717) is 15.2 Å². The van der Waals surface area contributed by atoms with Crippen molar-refractivity contribution in [3.63, 3.8) is 0 Å². The molecular weight excluding hydrogens is 280 g/mol. The molecule has 1 aliphatic rings. The highest BCUT2D eigenvalue weighted by molar-refractivity contribution is 7.71. The largest absolute Gasteiger partial charge is 0.332 e. The molecule has 5 heteroatoms. The standard InChI is InChI=1S/C14H15ClN2OS/c15-9-6-7-12-11(8-9)13(18)17(14(19)16-12)10-4-2-1-3-5-10/h6-8,10H,1-5H2,(H,16,19). The highest BCUT2D eigenvalue weighted by atomic mass is 35.5. The Morgan fingerprint density at radius 1 is 1.26 bits per heavy atom. The summed E-state index contributed by atoms with van der Waals surface area (Å²) in [7, 11) is 0. The number of fused-ring (bicyclic) bond motifs is 1. The van der Waals surface area contributed by atoms with Crippen molar-refractivity contribution in [2.75, 3.05) is 0 Å². The van der Waals surface area contributed by atoms with E-state index in [9.17, 15) is 4.79 Å². The molecular formula is C14H15ClN2OS. The summed E-state index contributed by atoms with van der Waals surface area (Å²) in [5.74, 6) is 0. The van der Waals surface area contributed by atoms with Crippen molar-refractivity contribution < 1.29 is 0 Å². The summed E-state index contributed by atoms with van der Waals surface area (Å²) in [5, 5.41) is 1.19. The molecule has 0 unspecified atom stereocenters. The van der Waals surface area contributed by atoms with Crippen LogP contribution >= 0.6 is 23.8 Å². The Morgan fingerprint density at radius 2 is 2.00 bits per heavy atom. The van der Waals surface area contributed by atoms with Crippen molar-refractivity contribution in [2.45, 2.75) is 38.1 Å². The first-order valence-electron chi connectivity index (χ1n) is 6.61. The Labute approximate surface area is 121 Å². The molecule has 0 saturated heterocycles. The van der Waals surface area contributed by atoms with Gasteiger partial charge in [-0.2, -0.15) is 0 Å². The summed E-state index contributed by atoms with van der Waals surface area (Å²) in [6.45, 7) is 0. The molecule has 2 aromatic rings. The highest BCUT2D eigenvalue weighted by Gasteiger charge is 2.18. The van der Waals surface area contributed by atoms with E-state index in [1.165, 1.54) is 19.3 Å². The van der Waals surface area contributed by atoms with Gasteiger partial charge < -0.3 is 4.98 Å². The third kappa shape index (κ3) is 2.35. The number of aromatic nitrogens is 2. The van der Waals surface area contributed by atoms with Crippen molar-refractivity contribution in [3.8, 4) is 0 Å². The van der Waals surface area contributed by atoms with Gasteiger partial charge in [0.25, 0.3) is 5.56 Å². The molecule has 1 aliphatic carbocycles. The van der Waals surface area contributed by atoms with Crippen LogP contribution in [0.25, 0.3) is 10.9 Å². The van der Waals surface area contributed by atoms with Gasteiger partial charge >= 0.3 is 0 Å². The topological polar surface area (TPSA) is 37.8 Å². The second-order valence-corrected chi connectivity index (χ2v) is 5.91. The van der Waals surface area contributed by atoms with Crippen LogP contribution in [0.1, 0.15) is 38.1 Å². The molecule has 1 aromatic carbocycles. The second-order valence-electron chi connectivity index (χ2n) is 5.09. The first-order chi connectivity index (χ1) is 9.16. The van der Waals surface area contributed by atoms with E-state index >= 15 is 0 Å². The number of H-pyrrole nitrogens is 1. The van der Waals surface area contributed by atoms with Crippen LogP contribution in [0.15, 0.2) is 23.0 Å². The van der Waals surface area contributed by atoms with Crippen LogP contribution in [0.4, 0.5) is 0 Å². The third-order valence-corrected chi connectivity index (χ3v) is 4.36. The summed E-state index contributed by atoms with van der Waals surface area (Å²) in [6, 6.07) is 5.51. The van der Waals surface area contributed by atoms with Crippen LogP contribution in [0, 0.1) is 4.77 Å². The quantitative estimate of drug-likeness (QED) is 0.800. The van der Waals surface area contributed by atoms with E-state index in [1.807, 2.05) is 0 Å². The van der Waals surface area contributed by atoms with E-state index in [4.69, 9.17) is 23.8 Å². The molecule has 0 spiro atoms.